The normalized spacial score (nSPS) is 11.3. The summed E-state index contributed by atoms with van der Waals surface area (Å²) in [7, 11) is 6.41. The number of nitrogens with zero attached hydrogens (tertiary/aromatic N) is 6. The molecule has 0 amide bonds. The zero-order valence-corrected chi connectivity index (χ0v) is 78.3. The Bertz CT molecular complexity index is 8500. The fraction of sp³-hybridized carbons (Fsp3) is 0.0376. The molecule has 25 aromatic rings. The molecule has 0 aliphatic carbocycles. The second-order valence-electron chi connectivity index (χ2n) is 36.2. The van der Waals surface area contributed by atoms with E-state index in [9.17, 15) is 0 Å². The third-order valence-electron chi connectivity index (χ3n) is 27.9. The van der Waals surface area contributed by atoms with Crippen molar-refractivity contribution in [3.8, 4) is 33.4 Å². The summed E-state index contributed by atoms with van der Waals surface area (Å²) in [5, 5.41) is 25.2. The molecule has 0 bridgehead atoms. The summed E-state index contributed by atoms with van der Waals surface area (Å²) >= 11 is 0. The number of hydrogen-bond donors (Lipinski definition) is 0. The Morgan fingerprint density at radius 1 is 0.129 bits per heavy atom. The summed E-state index contributed by atoms with van der Waals surface area (Å²) in [5.41, 5.74) is 27.1. The van der Waals surface area contributed by atoms with E-state index < -0.39 is 0 Å². The average molecular weight is 1780 g/mol. The van der Waals surface area contributed by atoms with Crippen LogP contribution in [0.3, 0.4) is 0 Å². The number of fused-ring (bicyclic) bond motifs is 8. The molecule has 0 aliphatic rings. The van der Waals surface area contributed by atoms with Crippen molar-refractivity contribution in [3.05, 3.63) is 527 Å². The van der Waals surface area contributed by atoms with Gasteiger partial charge in [0.1, 0.15) is 0 Å². The van der Waals surface area contributed by atoms with Crippen molar-refractivity contribution < 1.29 is 0 Å². The van der Waals surface area contributed by atoms with E-state index in [1.165, 1.54) is 198 Å². The van der Waals surface area contributed by atoms with E-state index in [2.05, 4.69) is 580 Å². The molecule has 0 aliphatic heterocycles. The minimum atomic E-state index is 1.12. The summed E-state index contributed by atoms with van der Waals surface area (Å²) < 4.78 is 0. The summed E-state index contributed by atoms with van der Waals surface area (Å²) in [4.78, 5) is 14.0. The van der Waals surface area contributed by atoms with Gasteiger partial charge in [0.05, 0.1) is 34.1 Å². The van der Waals surface area contributed by atoms with Crippen molar-refractivity contribution >= 4 is 193 Å². The molecule has 25 rings (SSSR count). The van der Waals surface area contributed by atoms with Crippen LogP contribution in [0.2, 0.25) is 0 Å². The van der Waals surface area contributed by atoms with Crippen LogP contribution in [0, 0.1) is 13.8 Å². The van der Waals surface area contributed by atoms with Crippen LogP contribution >= 0.6 is 0 Å². The molecule has 0 atom stereocenters. The molecule has 0 aromatic heterocycles. The van der Waals surface area contributed by atoms with Crippen LogP contribution in [0.4, 0.5) is 85.3 Å². The molecule has 0 heterocycles. The number of benzene rings is 25. The van der Waals surface area contributed by atoms with Crippen LogP contribution < -0.4 is 29.4 Å². The summed E-state index contributed by atoms with van der Waals surface area (Å²) in [6.07, 6.45) is 0. The first-order valence-corrected chi connectivity index (χ1v) is 47.8. The Balaban J connectivity index is 0.000000118. The van der Waals surface area contributed by atoms with Gasteiger partial charge in [-0.2, -0.15) is 0 Å². The van der Waals surface area contributed by atoms with E-state index >= 15 is 0 Å². The van der Waals surface area contributed by atoms with Gasteiger partial charge in [0.2, 0.25) is 0 Å². The second kappa shape index (κ2) is 37.2. The zero-order chi connectivity index (χ0) is 93.4. The second-order valence-corrected chi connectivity index (χ2v) is 36.2. The van der Waals surface area contributed by atoms with Crippen molar-refractivity contribution in [1.82, 2.24) is 0 Å². The molecular formula is C133H100N6. The van der Waals surface area contributed by atoms with Crippen molar-refractivity contribution in [2.75, 3.05) is 50.5 Å². The third-order valence-corrected chi connectivity index (χ3v) is 27.9. The van der Waals surface area contributed by atoms with Crippen LogP contribution in [0.25, 0.3) is 141 Å². The molecule has 6 heteroatoms. The summed E-state index contributed by atoms with van der Waals surface area (Å²) in [6.45, 7) is 4.25. The van der Waals surface area contributed by atoms with Crippen molar-refractivity contribution in [2.24, 2.45) is 0 Å². The number of aryl methyl sites for hydroxylation is 2. The molecule has 0 fully saturated rings. The topological polar surface area (TPSA) is 19.4 Å². The van der Waals surface area contributed by atoms with Crippen molar-refractivity contribution in [2.45, 2.75) is 13.8 Å². The number of rotatable bonds is 18. The molecule has 139 heavy (non-hydrogen) atoms. The highest BCUT2D eigenvalue weighted by Crippen LogP contribution is 2.50. The standard InChI is InChI=1S/C53H36N2.2C40H32N2/c1-54(49-34-33-47-45-20-7-16-39-15-6-19-44(52(39)45)46-21-10-22-48(49)53(46)47)40-29-25-35(26-30-40)36-27-31-41(32-28-36)55(50-23-8-13-37-11-2-4-17-42(37)50)51-24-9-14-38-12-3-5-18-43(38)51;1-29-10-7-15-36(28-29)41(2)34-24-20-30(21-25-34)31-22-26-35(27-23-31)42(39-18-8-13-32-11-3-5-16-37(32)39)40-19-9-14-33-12-4-6-17-38(33)40;1-29-17-23-34(24-18-29)41(2)35-25-19-30(20-26-35)31-21-27-36(28-22-31)42(39-15-7-11-32-9-3-5-13-37(32)39)40-16-8-12-33-10-4-6-14-38(33)40/h2-34H,1H3;2*3-28H,1-2H3. The van der Waals surface area contributed by atoms with Gasteiger partial charge in [0, 0.05) is 110 Å². The smallest absolute Gasteiger partial charge is 0.0540 e. The lowest BCUT2D eigenvalue weighted by molar-refractivity contribution is 1.20. The Kier molecular flexibility index (Phi) is 22.8. The number of anilines is 15. The lowest BCUT2D eigenvalue weighted by Crippen LogP contribution is -2.11. The molecule has 25 aromatic carbocycles. The number of hydrogen-bond acceptors (Lipinski definition) is 6. The zero-order valence-electron chi connectivity index (χ0n) is 78.3. The van der Waals surface area contributed by atoms with Gasteiger partial charge < -0.3 is 29.4 Å². The van der Waals surface area contributed by atoms with Gasteiger partial charge in [0.15, 0.2) is 0 Å². The Labute approximate surface area is 811 Å². The van der Waals surface area contributed by atoms with Gasteiger partial charge in [-0.05, 0) is 262 Å². The van der Waals surface area contributed by atoms with E-state index in [4.69, 9.17) is 0 Å². The van der Waals surface area contributed by atoms with Gasteiger partial charge in [0.25, 0.3) is 0 Å². The molecule has 0 saturated carbocycles. The fourth-order valence-electron chi connectivity index (χ4n) is 20.6. The van der Waals surface area contributed by atoms with Gasteiger partial charge in [-0.1, -0.05) is 382 Å². The Hall–Kier alpha value is -17.8. The van der Waals surface area contributed by atoms with E-state index in [1.807, 2.05) is 0 Å². The summed E-state index contributed by atoms with van der Waals surface area (Å²) in [5.74, 6) is 0. The first kappa shape index (κ1) is 85.4. The average Bonchev–Trinajstić information content (AvgIpc) is 0.714. The van der Waals surface area contributed by atoms with Gasteiger partial charge in [-0.25, -0.2) is 0 Å². The Morgan fingerprint density at radius 3 is 0.669 bits per heavy atom. The van der Waals surface area contributed by atoms with Crippen molar-refractivity contribution in [1.29, 1.82) is 0 Å². The highest BCUT2D eigenvalue weighted by molar-refractivity contribution is 6.34. The predicted octanol–water partition coefficient (Wildman–Crippen LogP) is 37.4. The van der Waals surface area contributed by atoms with Crippen LogP contribution in [-0.4, -0.2) is 21.1 Å². The molecular weight excluding hydrogens is 1680 g/mol. The lowest BCUT2D eigenvalue weighted by Gasteiger charge is -2.28. The fourth-order valence-corrected chi connectivity index (χ4v) is 20.6. The van der Waals surface area contributed by atoms with Crippen LogP contribution in [0.1, 0.15) is 11.1 Å². The first-order valence-electron chi connectivity index (χ1n) is 47.8. The lowest BCUT2D eigenvalue weighted by atomic mass is 9.89. The highest BCUT2D eigenvalue weighted by atomic mass is 15.2. The maximum atomic E-state index is 2.41. The minimum absolute atomic E-state index is 1.12. The monoisotopic (exact) mass is 1780 g/mol. The molecule has 662 valence electrons. The van der Waals surface area contributed by atoms with Gasteiger partial charge >= 0.3 is 0 Å². The van der Waals surface area contributed by atoms with Crippen molar-refractivity contribution in [3.63, 3.8) is 0 Å². The van der Waals surface area contributed by atoms with E-state index in [0.29, 0.717) is 0 Å². The molecule has 0 spiro atoms. The van der Waals surface area contributed by atoms with Crippen LogP contribution in [-0.2, 0) is 0 Å². The Morgan fingerprint density at radius 2 is 0.353 bits per heavy atom. The minimum Gasteiger partial charge on any atom is -0.345 e. The maximum Gasteiger partial charge on any atom is 0.0540 e. The molecule has 0 radical (unpaired) electrons. The van der Waals surface area contributed by atoms with Crippen LogP contribution in [0.15, 0.2) is 516 Å². The quantitative estimate of drug-likeness (QED) is 0.0625. The van der Waals surface area contributed by atoms with E-state index in [1.54, 1.807) is 0 Å². The van der Waals surface area contributed by atoms with E-state index in [0.717, 1.165) is 39.8 Å². The molecule has 0 unspecified atom stereocenters. The predicted molar refractivity (Wildman–Crippen MR) is 599 cm³/mol. The summed E-state index contributed by atoms with van der Waals surface area (Å²) in [6, 6.07) is 187. The van der Waals surface area contributed by atoms with Crippen LogP contribution in [0.5, 0.6) is 0 Å². The van der Waals surface area contributed by atoms with Gasteiger partial charge in [-0.15, -0.1) is 0 Å². The first-order chi connectivity index (χ1) is 68.5. The SMILES string of the molecule is CN(c1ccc(-c2ccc(N(c3cccc4ccccc34)c3cccc4ccccc34)cc2)cc1)c1ccc2c3cccc4cccc(c5cccc1c52)c43.Cc1ccc(N(C)c2ccc(-c3ccc(N(c4cccc5ccccc45)c4cccc5ccccc45)cc3)cc2)cc1.Cc1cccc(N(C)c2ccc(-c3ccc(N(c4cccc5ccccc45)c4cccc5ccccc45)cc3)cc2)c1. The largest absolute Gasteiger partial charge is 0.345 e. The van der Waals surface area contributed by atoms with E-state index in [-0.39, 0.29) is 0 Å². The highest BCUT2D eigenvalue weighted by Gasteiger charge is 2.25. The van der Waals surface area contributed by atoms with Gasteiger partial charge in [-0.3, -0.25) is 0 Å². The molecule has 0 N–H and O–H groups in total. The maximum absolute atomic E-state index is 2.41. The third kappa shape index (κ3) is 16.5. The molecule has 6 nitrogen and oxygen atoms in total. The molecule has 0 saturated heterocycles.